The normalized spacial score (nSPS) is 17.0. The molecule has 0 aromatic heterocycles. The molecular formula is C22H22N2O6. The molecule has 0 aliphatic carbocycles. The Labute approximate surface area is 173 Å². The van der Waals surface area contributed by atoms with Crippen molar-refractivity contribution >= 4 is 29.0 Å². The Morgan fingerprint density at radius 1 is 1.17 bits per heavy atom. The molecule has 0 bridgehead atoms. The zero-order chi connectivity index (χ0) is 22.0. The number of aryl methyl sites for hydroxylation is 2. The average molecular weight is 410 g/mol. The van der Waals surface area contributed by atoms with Crippen LogP contribution in [0.15, 0.2) is 42.5 Å². The van der Waals surface area contributed by atoms with Crippen molar-refractivity contribution in [2.45, 2.75) is 33.3 Å². The SMILES string of the molecule is Cc1ccc(C(=O)[C@@H](C)OC(=O)[C@H]2CC(=O)N(c3ccc(C)c([N+](=O)[O-])c3)C2)cc1. The number of rotatable bonds is 6. The molecule has 1 aliphatic heterocycles. The third-order valence-corrected chi connectivity index (χ3v) is 5.16. The van der Waals surface area contributed by atoms with E-state index in [1.54, 1.807) is 43.3 Å². The zero-order valence-corrected chi connectivity index (χ0v) is 17.0. The third-order valence-electron chi connectivity index (χ3n) is 5.16. The van der Waals surface area contributed by atoms with Gasteiger partial charge in [0.1, 0.15) is 0 Å². The summed E-state index contributed by atoms with van der Waals surface area (Å²) < 4.78 is 5.32. The first-order valence-electron chi connectivity index (χ1n) is 9.54. The molecule has 0 unspecified atom stereocenters. The summed E-state index contributed by atoms with van der Waals surface area (Å²) >= 11 is 0. The van der Waals surface area contributed by atoms with Gasteiger partial charge < -0.3 is 9.64 Å². The van der Waals surface area contributed by atoms with Crippen LogP contribution < -0.4 is 4.90 Å². The minimum atomic E-state index is -0.982. The van der Waals surface area contributed by atoms with E-state index in [9.17, 15) is 24.5 Å². The number of nitro benzene ring substituents is 1. The van der Waals surface area contributed by atoms with Crippen LogP contribution in [0.2, 0.25) is 0 Å². The molecule has 2 aromatic carbocycles. The molecule has 1 saturated heterocycles. The van der Waals surface area contributed by atoms with Crippen LogP contribution in [-0.2, 0) is 14.3 Å². The Balaban J connectivity index is 1.68. The number of esters is 1. The van der Waals surface area contributed by atoms with Gasteiger partial charge in [0.25, 0.3) is 5.69 Å². The highest BCUT2D eigenvalue weighted by atomic mass is 16.6. The molecule has 1 heterocycles. The number of nitro groups is 1. The number of nitrogens with zero attached hydrogens (tertiary/aromatic N) is 2. The van der Waals surface area contributed by atoms with E-state index in [4.69, 9.17) is 4.74 Å². The number of hydrogen-bond donors (Lipinski definition) is 0. The van der Waals surface area contributed by atoms with Crippen molar-refractivity contribution in [2.24, 2.45) is 5.92 Å². The number of carbonyl (C=O) groups excluding carboxylic acids is 3. The molecule has 0 spiro atoms. The second-order valence-corrected chi connectivity index (χ2v) is 7.44. The smallest absolute Gasteiger partial charge is 0.312 e. The van der Waals surface area contributed by atoms with E-state index in [0.717, 1.165) is 5.56 Å². The second kappa shape index (κ2) is 8.44. The highest BCUT2D eigenvalue weighted by Crippen LogP contribution is 2.30. The standard InChI is InChI=1S/C22H22N2O6/c1-13-4-7-16(8-5-13)21(26)15(3)30-22(27)17-10-20(25)23(12-17)18-9-6-14(2)19(11-18)24(28)29/h4-9,11,15,17H,10,12H2,1-3H3/t15-,17+/m1/s1. The van der Waals surface area contributed by atoms with Crippen LogP contribution in [0.4, 0.5) is 11.4 Å². The van der Waals surface area contributed by atoms with Gasteiger partial charge >= 0.3 is 5.97 Å². The van der Waals surface area contributed by atoms with Crippen molar-refractivity contribution in [1.82, 2.24) is 0 Å². The van der Waals surface area contributed by atoms with Gasteiger partial charge in [-0.15, -0.1) is 0 Å². The van der Waals surface area contributed by atoms with Crippen LogP contribution in [0.25, 0.3) is 0 Å². The van der Waals surface area contributed by atoms with Gasteiger partial charge in [0, 0.05) is 30.2 Å². The molecule has 1 aliphatic rings. The van der Waals surface area contributed by atoms with Crippen LogP contribution in [0.1, 0.15) is 34.8 Å². The maximum atomic E-state index is 12.5. The summed E-state index contributed by atoms with van der Waals surface area (Å²) in [5.41, 5.74) is 2.20. The lowest BCUT2D eigenvalue weighted by Crippen LogP contribution is -2.30. The fourth-order valence-corrected chi connectivity index (χ4v) is 3.35. The quantitative estimate of drug-likeness (QED) is 0.313. The van der Waals surface area contributed by atoms with E-state index in [1.807, 2.05) is 6.92 Å². The summed E-state index contributed by atoms with van der Waals surface area (Å²) in [7, 11) is 0. The number of benzene rings is 2. The monoisotopic (exact) mass is 410 g/mol. The Kier molecular flexibility index (Phi) is 5.96. The predicted molar refractivity (Wildman–Crippen MR) is 109 cm³/mol. The van der Waals surface area contributed by atoms with Gasteiger partial charge in [-0.1, -0.05) is 35.9 Å². The third kappa shape index (κ3) is 4.37. The minimum absolute atomic E-state index is 0.0450. The van der Waals surface area contributed by atoms with E-state index in [1.165, 1.54) is 17.9 Å². The average Bonchev–Trinajstić information content (AvgIpc) is 3.10. The number of amides is 1. The van der Waals surface area contributed by atoms with E-state index >= 15 is 0 Å². The first-order valence-corrected chi connectivity index (χ1v) is 9.54. The molecule has 8 heteroatoms. The lowest BCUT2D eigenvalue weighted by atomic mass is 10.1. The summed E-state index contributed by atoms with van der Waals surface area (Å²) in [6.45, 7) is 5.06. The number of carbonyl (C=O) groups is 3. The van der Waals surface area contributed by atoms with Crippen molar-refractivity contribution in [3.63, 3.8) is 0 Å². The van der Waals surface area contributed by atoms with E-state index in [2.05, 4.69) is 0 Å². The highest BCUT2D eigenvalue weighted by Gasteiger charge is 2.38. The molecule has 30 heavy (non-hydrogen) atoms. The van der Waals surface area contributed by atoms with Crippen molar-refractivity contribution in [3.8, 4) is 0 Å². The fourth-order valence-electron chi connectivity index (χ4n) is 3.35. The molecule has 2 aromatic rings. The minimum Gasteiger partial charge on any atom is -0.454 e. The van der Waals surface area contributed by atoms with E-state index < -0.39 is 22.9 Å². The molecule has 3 rings (SSSR count). The lowest BCUT2D eigenvalue weighted by molar-refractivity contribution is -0.385. The van der Waals surface area contributed by atoms with Crippen molar-refractivity contribution in [2.75, 3.05) is 11.4 Å². The molecule has 1 fully saturated rings. The van der Waals surface area contributed by atoms with Gasteiger partial charge in [-0.2, -0.15) is 0 Å². The first kappa shape index (κ1) is 21.2. The van der Waals surface area contributed by atoms with Crippen LogP contribution in [0.5, 0.6) is 0 Å². The largest absolute Gasteiger partial charge is 0.454 e. The van der Waals surface area contributed by atoms with Crippen LogP contribution in [0, 0.1) is 29.9 Å². The van der Waals surface area contributed by atoms with Crippen LogP contribution >= 0.6 is 0 Å². The summed E-state index contributed by atoms with van der Waals surface area (Å²) in [6.07, 6.45) is -1.06. The van der Waals surface area contributed by atoms with Crippen molar-refractivity contribution < 1.29 is 24.0 Å². The van der Waals surface area contributed by atoms with Crippen LogP contribution in [0.3, 0.4) is 0 Å². The van der Waals surface area contributed by atoms with E-state index in [-0.39, 0.29) is 30.3 Å². The van der Waals surface area contributed by atoms with Crippen molar-refractivity contribution in [3.05, 3.63) is 69.3 Å². The van der Waals surface area contributed by atoms with E-state index in [0.29, 0.717) is 16.8 Å². The molecule has 0 radical (unpaired) electrons. The molecule has 0 saturated carbocycles. The Bertz CT molecular complexity index is 1010. The Morgan fingerprint density at radius 2 is 1.83 bits per heavy atom. The zero-order valence-electron chi connectivity index (χ0n) is 17.0. The number of hydrogen-bond acceptors (Lipinski definition) is 6. The first-order chi connectivity index (χ1) is 14.2. The number of ketones is 1. The highest BCUT2D eigenvalue weighted by molar-refractivity contribution is 6.02. The fraction of sp³-hybridized carbons (Fsp3) is 0.318. The molecule has 1 amide bonds. The van der Waals surface area contributed by atoms with Gasteiger partial charge in [0.2, 0.25) is 11.7 Å². The number of anilines is 1. The molecule has 2 atom stereocenters. The summed E-state index contributed by atoms with van der Waals surface area (Å²) in [5, 5.41) is 11.2. The topological polar surface area (TPSA) is 107 Å². The van der Waals surface area contributed by atoms with Gasteiger partial charge in [-0.05, 0) is 26.8 Å². The van der Waals surface area contributed by atoms with Gasteiger partial charge in [0.05, 0.1) is 16.5 Å². The molecule has 8 nitrogen and oxygen atoms in total. The molecular weight excluding hydrogens is 388 g/mol. The maximum absolute atomic E-state index is 12.5. The van der Waals surface area contributed by atoms with Crippen molar-refractivity contribution in [1.29, 1.82) is 0 Å². The lowest BCUT2D eigenvalue weighted by Gasteiger charge is -2.18. The summed E-state index contributed by atoms with van der Waals surface area (Å²) in [6, 6.07) is 11.4. The number of Topliss-reactive ketones (excluding diaryl/α,β-unsaturated/α-hetero) is 1. The summed E-state index contributed by atoms with van der Waals surface area (Å²) in [5.74, 6) is -2.03. The Morgan fingerprint density at radius 3 is 2.47 bits per heavy atom. The van der Waals surface area contributed by atoms with Crippen LogP contribution in [-0.4, -0.2) is 35.2 Å². The number of ether oxygens (including phenoxy) is 1. The van der Waals surface area contributed by atoms with Gasteiger partial charge in [0.15, 0.2) is 6.10 Å². The van der Waals surface area contributed by atoms with Gasteiger partial charge in [-0.3, -0.25) is 24.5 Å². The summed E-state index contributed by atoms with van der Waals surface area (Å²) in [4.78, 5) is 49.4. The maximum Gasteiger partial charge on any atom is 0.312 e. The van der Waals surface area contributed by atoms with Gasteiger partial charge in [-0.25, -0.2) is 0 Å². The molecule has 0 N–H and O–H groups in total. The molecule has 156 valence electrons. The Hall–Kier alpha value is -3.55. The second-order valence-electron chi connectivity index (χ2n) is 7.44. The predicted octanol–water partition coefficient (Wildman–Crippen LogP) is 3.38.